The van der Waals surface area contributed by atoms with E-state index in [1.54, 1.807) is 23.3 Å². The number of thiazole rings is 1. The molecule has 134 valence electrons. The van der Waals surface area contributed by atoms with Crippen LogP contribution in [-0.4, -0.2) is 48.8 Å². The average molecular weight is 360 g/mol. The van der Waals surface area contributed by atoms with E-state index in [0.717, 1.165) is 35.7 Å². The summed E-state index contributed by atoms with van der Waals surface area (Å²) >= 11 is 1.60. The summed E-state index contributed by atoms with van der Waals surface area (Å²) in [5.74, 6) is -0.0370. The monoisotopic (exact) mass is 360 g/mol. The molecule has 0 N–H and O–H groups in total. The van der Waals surface area contributed by atoms with Crippen LogP contribution in [0.1, 0.15) is 25.0 Å². The van der Waals surface area contributed by atoms with Gasteiger partial charge < -0.3 is 14.4 Å². The molecule has 0 aliphatic carbocycles. The smallest absolute Gasteiger partial charge is 0.248 e. The van der Waals surface area contributed by atoms with E-state index in [1.807, 2.05) is 35.7 Å². The van der Waals surface area contributed by atoms with Crippen LogP contribution in [0.3, 0.4) is 0 Å². The molecule has 0 radical (unpaired) electrons. The Bertz CT molecular complexity index is 668. The SMILES string of the molecule is CN(Cc1csc(-c2ccccc2)n1)C(=O)COC[C@@H]1CCCCO1. The molecule has 2 heterocycles. The molecule has 1 amide bonds. The molecule has 1 aliphatic rings. The second-order valence-electron chi connectivity index (χ2n) is 6.26. The van der Waals surface area contributed by atoms with Crippen LogP contribution in [0.2, 0.25) is 0 Å². The van der Waals surface area contributed by atoms with Gasteiger partial charge in [0.05, 0.1) is 24.9 Å². The van der Waals surface area contributed by atoms with Gasteiger partial charge in [-0.05, 0) is 19.3 Å². The highest BCUT2D eigenvalue weighted by atomic mass is 32.1. The molecule has 1 aliphatic heterocycles. The average Bonchev–Trinajstić information content (AvgIpc) is 3.12. The van der Waals surface area contributed by atoms with E-state index in [9.17, 15) is 4.79 Å². The summed E-state index contributed by atoms with van der Waals surface area (Å²) in [4.78, 5) is 18.5. The number of benzene rings is 1. The fourth-order valence-corrected chi connectivity index (χ4v) is 3.57. The number of amides is 1. The lowest BCUT2D eigenvalue weighted by Gasteiger charge is -2.23. The van der Waals surface area contributed by atoms with Gasteiger partial charge in [0.2, 0.25) is 5.91 Å². The van der Waals surface area contributed by atoms with E-state index >= 15 is 0 Å². The first-order valence-corrected chi connectivity index (χ1v) is 9.53. The zero-order chi connectivity index (χ0) is 17.5. The topological polar surface area (TPSA) is 51.7 Å². The molecule has 25 heavy (non-hydrogen) atoms. The van der Waals surface area contributed by atoms with E-state index in [-0.39, 0.29) is 18.6 Å². The maximum absolute atomic E-state index is 12.2. The van der Waals surface area contributed by atoms with Crippen molar-refractivity contribution >= 4 is 17.2 Å². The Kier molecular flexibility index (Phi) is 6.55. The number of hydrogen-bond acceptors (Lipinski definition) is 5. The minimum absolute atomic E-state index is 0.0370. The number of rotatable bonds is 7. The van der Waals surface area contributed by atoms with Gasteiger partial charge in [-0.2, -0.15) is 0 Å². The molecule has 2 aromatic rings. The molecule has 0 spiro atoms. The van der Waals surface area contributed by atoms with Crippen molar-refractivity contribution in [1.82, 2.24) is 9.88 Å². The molecular weight excluding hydrogens is 336 g/mol. The first kappa shape index (κ1) is 18.0. The third-order valence-electron chi connectivity index (χ3n) is 4.20. The van der Waals surface area contributed by atoms with Crippen LogP contribution in [0.5, 0.6) is 0 Å². The highest BCUT2D eigenvalue weighted by Crippen LogP contribution is 2.23. The normalized spacial score (nSPS) is 17.4. The number of nitrogens with zero attached hydrogens (tertiary/aromatic N) is 2. The van der Waals surface area contributed by atoms with Gasteiger partial charge in [0.15, 0.2) is 0 Å². The molecular formula is C19H24N2O3S. The second-order valence-corrected chi connectivity index (χ2v) is 7.12. The van der Waals surface area contributed by atoms with Gasteiger partial charge >= 0.3 is 0 Å². The third-order valence-corrected chi connectivity index (χ3v) is 5.14. The summed E-state index contributed by atoms with van der Waals surface area (Å²) in [5, 5.41) is 2.98. The predicted octanol–water partition coefficient (Wildman–Crippen LogP) is 3.35. The van der Waals surface area contributed by atoms with Crippen molar-refractivity contribution in [3.8, 4) is 10.6 Å². The lowest BCUT2D eigenvalue weighted by Crippen LogP contribution is -2.32. The second kappa shape index (κ2) is 9.08. The molecule has 0 saturated carbocycles. The Balaban J connectivity index is 1.44. The minimum Gasteiger partial charge on any atom is -0.376 e. The number of likely N-dealkylation sites (N-methyl/N-ethyl adjacent to an activating group) is 1. The Hall–Kier alpha value is -1.76. The lowest BCUT2D eigenvalue weighted by atomic mass is 10.1. The maximum Gasteiger partial charge on any atom is 0.248 e. The fourth-order valence-electron chi connectivity index (χ4n) is 2.75. The molecule has 1 saturated heterocycles. The highest BCUT2D eigenvalue weighted by Gasteiger charge is 2.16. The van der Waals surface area contributed by atoms with Crippen LogP contribution in [0.15, 0.2) is 35.7 Å². The Morgan fingerprint density at radius 3 is 2.96 bits per heavy atom. The molecule has 0 unspecified atom stereocenters. The largest absolute Gasteiger partial charge is 0.376 e. The number of aromatic nitrogens is 1. The number of ether oxygens (including phenoxy) is 2. The fraction of sp³-hybridized carbons (Fsp3) is 0.474. The number of carbonyl (C=O) groups excluding carboxylic acids is 1. The van der Waals surface area contributed by atoms with E-state index in [0.29, 0.717) is 13.2 Å². The first-order valence-electron chi connectivity index (χ1n) is 8.65. The van der Waals surface area contributed by atoms with E-state index < -0.39 is 0 Å². The lowest BCUT2D eigenvalue weighted by molar-refractivity contribution is -0.137. The zero-order valence-electron chi connectivity index (χ0n) is 14.5. The van der Waals surface area contributed by atoms with Crippen molar-refractivity contribution in [3.05, 3.63) is 41.4 Å². The van der Waals surface area contributed by atoms with Gasteiger partial charge in [0.1, 0.15) is 11.6 Å². The van der Waals surface area contributed by atoms with Crippen LogP contribution in [0.25, 0.3) is 10.6 Å². The molecule has 1 fully saturated rings. The zero-order valence-corrected chi connectivity index (χ0v) is 15.3. The van der Waals surface area contributed by atoms with Crippen LogP contribution in [0.4, 0.5) is 0 Å². The van der Waals surface area contributed by atoms with Crippen molar-refractivity contribution in [2.24, 2.45) is 0 Å². The van der Waals surface area contributed by atoms with Crippen molar-refractivity contribution < 1.29 is 14.3 Å². The van der Waals surface area contributed by atoms with Gasteiger partial charge in [-0.3, -0.25) is 4.79 Å². The van der Waals surface area contributed by atoms with Crippen LogP contribution >= 0.6 is 11.3 Å². The molecule has 3 rings (SSSR count). The quantitative estimate of drug-likeness (QED) is 0.760. The summed E-state index contributed by atoms with van der Waals surface area (Å²) in [6, 6.07) is 10.1. The molecule has 1 aromatic carbocycles. The number of carbonyl (C=O) groups is 1. The van der Waals surface area contributed by atoms with E-state index in [4.69, 9.17) is 9.47 Å². The van der Waals surface area contributed by atoms with Gasteiger partial charge in [0.25, 0.3) is 0 Å². The van der Waals surface area contributed by atoms with Crippen molar-refractivity contribution in [2.45, 2.75) is 31.9 Å². The molecule has 1 aromatic heterocycles. The standard InChI is InChI=1S/C19H24N2O3S/c1-21(18(22)13-23-12-17-9-5-6-10-24-17)11-16-14-25-19(20-16)15-7-3-2-4-8-15/h2-4,7-8,14,17H,5-6,9-13H2,1H3/t17-/m0/s1. The Labute approximate surface area is 152 Å². The van der Waals surface area contributed by atoms with Crippen LogP contribution in [0, 0.1) is 0 Å². The summed E-state index contributed by atoms with van der Waals surface area (Å²) in [5.41, 5.74) is 2.00. The van der Waals surface area contributed by atoms with Gasteiger partial charge in [-0.15, -0.1) is 11.3 Å². The van der Waals surface area contributed by atoms with Crippen molar-refractivity contribution in [1.29, 1.82) is 0 Å². The molecule has 1 atom stereocenters. The van der Waals surface area contributed by atoms with Gasteiger partial charge in [0, 0.05) is 24.6 Å². The Morgan fingerprint density at radius 1 is 1.36 bits per heavy atom. The summed E-state index contributed by atoms with van der Waals surface area (Å²) < 4.78 is 11.1. The molecule has 0 bridgehead atoms. The molecule has 6 heteroatoms. The number of hydrogen-bond donors (Lipinski definition) is 0. The summed E-state index contributed by atoms with van der Waals surface area (Å²) in [7, 11) is 1.78. The first-order chi connectivity index (χ1) is 12.2. The summed E-state index contributed by atoms with van der Waals surface area (Å²) in [6.45, 7) is 1.88. The van der Waals surface area contributed by atoms with E-state index in [1.165, 1.54) is 6.42 Å². The van der Waals surface area contributed by atoms with E-state index in [2.05, 4.69) is 4.98 Å². The van der Waals surface area contributed by atoms with Gasteiger partial charge in [-0.1, -0.05) is 30.3 Å². The van der Waals surface area contributed by atoms with Gasteiger partial charge in [-0.25, -0.2) is 4.98 Å². The third kappa shape index (κ3) is 5.36. The van der Waals surface area contributed by atoms with Crippen molar-refractivity contribution in [3.63, 3.8) is 0 Å². The van der Waals surface area contributed by atoms with Crippen LogP contribution < -0.4 is 0 Å². The maximum atomic E-state index is 12.2. The Morgan fingerprint density at radius 2 is 2.20 bits per heavy atom. The molecule has 5 nitrogen and oxygen atoms in total. The van der Waals surface area contributed by atoms with Crippen molar-refractivity contribution in [2.75, 3.05) is 26.9 Å². The minimum atomic E-state index is -0.0370. The summed E-state index contributed by atoms with van der Waals surface area (Å²) in [6.07, 6.45) is 3.45. The predicted molar refractivity (Wildman–Crippen MR) is 98.4 cm³/mol. The van der Waals surface area contributed by atoms with Crippen LogP contribution in [-0.2, 0) is 20.8 Å². The highest BCUT2D eigenvalue weighted by molar-refractivity contribution is 7.13.